The van der Waals surface area contributed by atoms with E-state index in [1.54, 1.807) is 42.5 Å². The number of hydrogen-bond donors (Lipinski definition) is 1. The number of nitrogens with one attached hydrogen (secondary N) is 1. The predicted octanol–water partition coefficient (Wildman–Crippen LogP) is 4.84. The Morgan fingerprint density at radius 2 is 1.59 bits per heavy atom. The molecule has 3 aromatic carbocycles. The number of benzene rings is 3. The second kappa shape index (κ2) is 12.5. The topological polar surface area (TPSA) is 86.8 Å². The molecule has 0 saturated carbocycles. The van der Waals surface area contributed by atoms with E-state index in [2.05, 4.69) is 5.32 Å². The summed E-state index contributed by atoms with van der Waals surface area (Å²) in [5.41, 5.74) is 0.785. The summed E-state index contributed by atoms with van der Waals surface area (Å²) >= 11 is 6.02. The van der Waals surface area contributed by atoms with Crippen LogP contribution in [0.3, 0.4) is 0 Å². The average molecular weight is 544 g/mol. The standard InChI is InChI=1S/C28H34ClN3O4S/c1-5-20(3)30-28(34)26(6-2)32(18-21-11-14-24(29)15-12-21)27(33)19-31(4)37(35,36)25-16-13-22-9-7-8-10-23(22)17-25/h7-17,20,26H,5-6,18-19H2,1-4H3,(H,30,34)/t20-,26+/m1/s1. The van der Waals surface area contributed by atoms with Gasteiger partial charge in [0.15, 0.2) is 0 Å². The Morgan fingerprint density at radius 3 is 2.22 bits per heavy atom. The molecule has 3 rings (SSSR count). The van der Waals surface area contributed by atoms with Crippen molar-refractivity contribution in [3.05, 3.63) is 77.3 Å². The monoisotopic (exact) mass is 543 g/mol. The Balaban J connectivity index is 1.88. The summed E-state index contributed by atoms with van der Waals surface area (Å²) in [5.74, 6) is -0.729. The molecule has 0 bridgehead atoms. The number of nitrogens with zero attached hydrogens (tertiary/aromatic N) is 2. The van der Waals surface area contributed by atoms with Gasteiger partial charge in [0.1, 0.15) is 6.04 Å². The number of halogens is 1. The van der Waals surface area contributed by atoms with Crippen molar-refractivity contribution in [2.75, 3.05) is 13.6 Å². The zero-order valence-electron chi connectivity index (χ0n) is 21.6. The molecule has 0 saturated heterocycles. The van der Waals surface area contributed by atoms with Crippen molar-refractivity contribution in [3.63, 3.8) is 0 Å². The van der Waals surface area contributed by atoms with Gasteiger partial charge in [0, 0.05) is 24.7 Å². The minimum Gasteiger partial charge on any atom is -0.352 e. The maximum Gasteiger partial charge on any atom is 0.243 e. The SMILES string of the molecule is CC[C@@H](C)NC(=O)[C@H](CC)N(Cc1ccc(Cl)cc1)C(=O)CN(C)S(=O)(=O)c1ccc2ccccc2c1. The first-order valence-corrected chi connectivity index (χ1v) is 14.2. The van der Waals surface area contributed by atoms with E-state index in [4.69, 9.17) is 11.6 Å². The second-order valence-electron chi connectivity index (χ2n) is 9.16. The molecule has 0 fully saturated rings. The minimum atomic E-state index is -3.95. The molecule has 0 aliphatic carbocycles. The van der Waals surface area contributed by atoms with Crippen LogP contribution in [-0.2, 0) is 26.2 Å². The molecular formula is C28H34ClN3O4S. The van der Waals surface area contributed by atoms with Crippen LogP contribution in [0.1, 0.15) is 39.2 Å². The fraction of sp³-hybridized carbons (Fsp3) is 0.357. The van der Waals surface area contributed by atoms with Gasteiger partial charge in [-0.25, -0.2) is 8.42 Å². The van der Waals surface area contributed by atoms with E-state index in [0.717, 1.165) is 27.1 Å². The molecular weight excluding hydrogens is 510 g/mol. The molecule has 0 unspecified atom stereocenters. The van der Waals surface area contributed by atoms with E-state index in [-0.39, 0.29) is 23.4 Å². The van der Waals surface area contributed by atoms with E-state index in [9.17, 15) is 18.0 Å². The highest BCUT2D eigenvalue weighted by molar-refractivity contribution is 7.89. The Labute approximate surface area is 224 Å². The number of likely N-dealkylation sites (N-methyl/N-ethyl adjacent to an activating group) is 1. The maximum atomic E-state index is 13.6. The number of carbonyl (C=O) groups excluding carboxylic acids is 2. The highest BCUT2D eigenvalue weighted by Crippen LogP contribution is 2.22. The first-order chi connectivity index (χ1) is 17.6. The lowest BCUT2D eigenvalue weighted by Crippen LogP contribution is -2.53. The Kier molecular flexibility index (Phi) is 9.70. The number of sulfonamides is 1. The zero-order chi connectivity index (χ0) is 27.2. The summed E-state index contributed by atoms with van der Waals surface area (Å²) in [6, 6.07) is 18.6. The van der Waals surface area contributed by atoms with Crippen LogP contribution in [0.25, 0.3) is 10.8 Å². The van der Waals surface area contributed by atoms with E-state index in [0.29, 0.717) is 11.4 Å². The van der Waals surface area contributed by atoms with Gasteiger partial charge in [0.25, 0.3) is 0 Å². The average Bonchev–Trinajstić information content (AvgIpc) is 2.89. The van der Waals surface area contributed by atoms with Crippen molar-refractivity contribution in [3.8, 4) is 0 Å². The summed E-state index contributed by atoms with van der Waals surface area (Å²) < 4.78 is 27.7. The van der Waals surface area contributed by atoms with Gasteiger partial charge in [-0.2, -0.15) is 4.31 Å². The molecule has 0 aliphatic heterocycles. The quantitative estimate of drug-likeness (QED) is 0.375. The molecule has 198 valence electrons. The summed E-state index contributed by atoms with van der Waals surface area (Å²) in [6.07, 6.45) is 1.13. The highest BCUT2D eigenvalue weighted by Gasteiger charge is 2.32. The third-order valence-corrected chi connectivity index (χ3v) is 8.49. The first-order valence-electron chi connectivity index (χ1n) is 12.4. The summed E-state index contributed by atoms with van der Waals surface area (Å²) in [4.78, 5) is 28.2. The van der Waals surface area contributed by atoms with Crippen LogP contribution in [0.2, 0.25) is 5.02 Å². The largest absolute Gasteiger partial charge is 0.352 e. The minimum absolute atomic E-state index is 0.0509. The van der Waals surface area contributed by atoms with Crippen LogP contribution < -0.4 is 5.32 Å². The molecule has 3 aromatic rings. The lowest BCUT2D eigenvalue weighted by atomic mass is 10.1. The van der Waals surface area contributed by atoms with Crippen LogP contribution >= 0.6 is 11.6 Å². The zero-order valence-corrected chi connectivity index (χ0v) is 23.2. The molecule has 0 aliphatic rings. The van der Waals surface area contributed by atoms with Gasteiger partial charge in [0.05, 0.1) is 11.4 Å². The van der Waals surface area contributed by atoms with Crippen LogP contribution in [0, 0.1) is 0 Å². The van der Waals surface area contributed by atoms with Crippen LogP contribution in [-0.4, -0.2) is 55.1 Å². The third-order valence-electron chi connectivity index (χ3n) is 6.44. The molecule has 0 spiro atoms. The van der Waals surface area contributed by atoms with Crippen molar-refractivity contribution in [2.45, 2.75) is 57.1 Å². The van der Waals surface area contributed by atoms with Gasteiger partial charge in [-0.15, -0.1) is 0 Å². The smallest absolute Gasteiger partial charge is 0.243 e. The fourth-order valence-corrected chi connectivity index (χ4v) is 5.30. The lowest BCUT2D eigenvalue weighted by molar-refractivity contribution is -0.141. The van der Waals surface area contributed by atoms with Crippen LogP contribution in [0.5, 0.6) is 0 Å². The van der Waals surface area contributed by atoms with E-state index >= 15 is 0 Å². The number of rotatable bonds is 11. The predicted molar refractivity (Wildman–Crippen MR) is 148 cm³/mol. The Morgan fingerprint density at radius 1 is 0.946 bits per heavy atom. The normalized spacial score (nSPS) is 13.4. The van der Waals surface area contributed by atoms with Gasteiger partial charge < -0.3 is 10.2 Å². The third kappa shape index (κ3) is 7.09. The summed E-state index contributed by atoms with van der Waals surface area (Å²) in [6.45, 7) is 5.44. The first kappa shape index (κ1) is 28.6. The highest BCUT2D eigenvalue weighted by atomic mass is 35.5. The van der Waals surface area contributed by atoms with Crippen molar-refractivity contribution >= 4 is 44.2 Å². The van der Waals surface area contributed by atoms with Crippen LogP contribution in [0.15, 0.2) is 71.6 Å². The second-order valence-corrected chi connectivity index (χ2v) is 11.6. The summed E-state index contributed by atoms with van der Waals surface area (Å²) in [7, 11) is -2.57. The van der Waals surface area contributed by atoms with Crippen molar-refractivity contribution in [1.82, 2.24) is 14.5 Å². The molecule has 2 amide bonds. The molecule has 0 heterocycles. The van der Waals surface area contributed by atoms with Gasteiger partial charge in [0.2, 0.25) is 21.8 Å². The Hall–Kier alpha value is -2.94. The lowest BCUT2D eigenvalue weighted by Gasteiger charge is -2.32. The van der Waals surface area contributed by atoms with E-state index < -0.39 is 28.5 Å². The number of fused-ring (bicyclic) bond motifs is 1. The van der Waals surface area contributed by atoms with Gasteiger partial charge in [-0.3, -0.25) is 9.59 Å². The number of amides is 2. The molecule has 37 heavy (non-hydrogen) atoms. The number of carbonyl (C=O) groups is 2. The fourth-order valence-electron chi connectivity index (χ4n) is 4.02. The van der Waals surface area contributed by atoms with Gasteiger partial charge >= 0.3 is 0 Å². The van der Waals surface area contributed by atoms with Crippen molar-refractivity contribution in [1.29, 1.82) is 0 Å². The molecule has 0 aromatic heterocycles. The van der Waals surface area contributed by atoms with Gasteiger partial charge in [-0.1, -0.05) is 67.9 Å². The van der Waals surface area contributed by atoms with E-state index in [1.165, 1.54) is 11.9 Å². The molecule has 9 heteroatoms. The molecule has 0 radical (unpaired) electrons. The number of hydrogen-bond acceptors (Lipinski definition) is 4. The molecule has 7 nitrogen and oxygen atoms in total. The summed E-state index contributed by atoms with van der Waals surface area (Å²) in [5, 5.41) is 5.23. The van der Waals surface area contributed by atoms with Crippen molar-refractivity contribution in [2.24, 2.45) is 0 Å². The Bertz CT molecular complexity index is 1350. The molecule has 1 N–H and O–H groups in total. The van der Waals surface area contributed by atoms with Crippen LogP contribution in [0.4, 0.5) is 0 Å². The van der Waals surface area contributed by atoms with Crippen molar-refractivity contribution < 1.29 is 18.0 Å². The molecule has 2 atom stereocenters. The van der Waals surface area contributed by atoms with Gasteiger partial charge in [-0.05, 0) is 60.4 Å². The van der Waals surface area contributed by atoms with E-state index in [1.807, 2.05) is 45.0 Å². The maximum absolute atomic E-state index is 13.6.